The number of carbonyl (C=O) groups is 2. The zero-order valence-electron chi connectivity index (χ0n) is 13.2. The van der Waals surface area contributed by atoms with Crippen LogP contribution in [-0.4, -0.2) is 11.6 Å². The van der Waals surface area contributed by atoms with Gasteiger partial charge >= 0.3 is 0 Å². The number of carbonyl (C=O) groups excluding carboxylic acids is 2. The molecule has 0 bridgehead atoms. The number of hydrogen-bond donors (Lipinski definition) is 0. The molecular weight excluding hydrogens is 308 g/mol. The average Bonchev–Trinajstić information content (AvgIpc) is 2.69. The van der Waals surface area contributed by atoms with Crippen LogP contribution in [0, 0.1) is 12.3 Å². The van der Waals surface area contributed by atoms with Crippen LogP contribution in [0.5, 0.6) is 0 Å². The van der Waals surface area contributed by atoms with Crippen molar-refractivity contribution in [2.24, 2.45) is 5.41 Å². The molecule has 0 N–H and O–H groups in total. The quantitative estimate of drug-likeness (QED) is 0.733. The van der Waals surface area contributed by atoms with Gasteiger partial charge < -0.3 is 0 Å². The second-order valence-electron chi connectivity index (χ2n) is 6.33. The second kappa shape index (κ2) is 5.47. The van der Waals surface area contributed by atoms with Crippen molar-refractivity contribution >= 4 is 28.7 Å². The Hall–Kier alpha value is -2.19. The molecule has 116 valence electrons. The molecule has 0 fully saturated rings. The van der Waals surface area contributed by atoms with Gasteiger partial charge in [0.1, 0.15) is 0 Å². The standard InChI is InChI=1S/C20H17ClO2/c1-12-7-8-16-17(9-12)19(23)20(3,18(16)22)11-13(2)14-5-4-6-15(21)10-14/h4-10H,2,11H2,1,3H3. The fourth-order valence-electron chi connectivity index (χ4n) is 3.14. The number of allylic oxidation sites excluding steroid dienone is 1. The number of hydrogen-bond acceptors (Lipinski definition) is 2. The van der Waals surface area contributed by atoms with Gasteiger partial charge in [-0.25, -0.2) is 0 Å². The summed E-state index contributed by atoms with van der Waals surface area (Å²) in [7, 11) is 0. The van der Waals surface area contributed by atoms with Crippen LogP contribution in [0.2, 0.25) is 5.02 Å². The third kappa shape index (κ3) is 2.53. The van der Waals surface area contributed by atoms with Crippen LogP contribution in [0.1, 0.15) is 45.2 Å². The van der Waals surface area contributed by atoms with Crippen molar-refractivity contribution in [2.45, 2.75) is 20.3 Å². The summed E-state index contributed by atoms with van der Waals surface area (Å²) in [5, 5.41) is 0.608. The Morgan fingerprint density at radius 2 is 1.78 bits per heavy atom. The van der Waals surface area contributed by atoms with Crippen molar-refractivity contribution in [3.05, 3.63) is 76.3 Å². The Bertz CT molecular complexity index is 850. The minimum absolute atomic E-state index is 0.121. The maximum absolute atomic E-state index is 12.8. The van der Waals surface area contributed by atoms with Gasteiger partial charge in [-0.05, 0) is 49.6 Å². The Labute approximate surface area is 140 Å². The van der Waals surface area contributed by atoms with E-state index < -0.39 is 5.41 Å². The van der Waals surface area contributed by atoms with Crippen molar-refractivity contribution in [1.29, 1.82) is 0 Å². The number of ketones is 2. The van der Waals surface area contributed by atoms with E-state index in [0.29, 0.717) is 22.6 Å². The topological polar surface area (TPSA) is 34.1 Å². The van der Waals surface area contributed by atoms with Crippen LogP contribution in [0.15, 0.2) is 49.0 Å². The molecule has 0 aliphatic heterocycles. The molecule has 0 heterocycles. The lowest BCUT2D eigenvalue weighted by molar-refractivity contribution is 0.0728. The fraction of sp³-hybridized carbons (Fsp3) is 0.200. The second-order valence-corrected chi connectivity index (χ2v) is 6.77. The van der Waals surface area contributed by atoms with Gasteiger partial charge in [-0.2, -0.15) is 0 Å². The summed E-state index contributed by atoms with van der Waals surface area (Å²) in [5.74, 6) is -0.245. The van der Waals surface area contributed by atoms with E-state index in [1.807, 2.05) is 25.1 Å². The molecule has 0 radical (unpaired) electrons. The SMILES string of the molecule is C=C(CC1(C)C(=O)c2ccc(C)cc2C1=O)c1cccc(Cl)c1. The normalized spacial score (nSPS) is 19.8. The van der Waals surface area contributed by atoms with Gasteiger partial charge in [0.15, 0.2) is 11.6 Å². The molecular formula is C20H17ClO2. The van der Waals surface area contributed by atoms with Gasteiger partial charge in [0.2, 0.25) is 0 Å². The summed E-state index contributed by atoms with van der Waals surface area (Å²) in [6, 6.07) is 12.7. The lowest BCUT2D eigenvalue weighted by Gasteiger charge is -2.21. The monoisotopic (exact) mass is 324 g/mol. The fourth-order valence-corrected chi connectivity index (χ4v) is 3.33. The number of aryl methyl sites for hydroxylation is 1. The number of fused-ring (bicyclic) bond motifs is 1. The molecule has 0 amide bonds. The maximum atomic E-state index is 12.8. The molecule has 1 aliphatic carbocycles. The Morgan fingerprint density at radius 1 is 1.09 bits per heavy atom. The number of benzene rings is 2. The highest BCUT2D eigenvalue weighted by atomic mass is 35.5. The minimum Gasteiger partial charge on any atom is -0.293 e. The van der Waals surface area contributed by atoms with E-state index >= 15 is 0 Å². The maximum Gasteiger partial charge on any atom is 0.177 e. The predicted molar refractivity (Wildman–Crippen MR) is 93.1 cm³/mol. The van der Waals surface area contributed by atoms with Gasteiger partial charge in [-0.3, -0.25) is 9.59 Å². The summed E-state index contributed by atoms with van der Waals surface area (Å²) in [6.07, 6.45) is 0.290. The van der Waals surface area contributed by atoms with Crippen molar-refractivity contribution in [2.75, 3.05) is 0 Å². The largest absolute Gasteiger partial charge is 0.293 e. The number of rotatable bonds is 3. The summed E-state index contributed by atoms with van der Waals surface area (Å²) in [5.41, 5.74) is 2.52. The van der Waals surface area contributed by atoms with Gasteiger partial charge in [-0.1, -0.05) is 48.0 Å². The highest BCUT2D eigenvalue weighted by Crippen LogP contribution is 2.43. The van der Waals surface area contributed by atoms with E-state index in [1.165, 1.54) is 0 Å². The van der Waals surface area contributed by atoms with Crippen molar-refractivity contribution < 1.29 is 9.59 Å². The molecule has 2 nitrogen and oxygen atoms in total. The third-order valence-electron chi connectivity index (χ3n) is 4.47. The van der Waals surface area contributed by atoms with E-state index in [0.717, 1.165) is 16.7 Å². The van der Waals surface area contributed by atoms with Crippen LogP contribution in [0.4, 0.5) is 0 Å². The van der Waals surface area contributed by atoms with Gasteiger partial charge in [0, 0.05) is 16.1 Å². The van der Waals surface area contributed by atoms with Gasteiger partial charge in [-0.15, -0.1) is 0 Å². The summed E-state index contributed by atoms with van der Waals surface area (Å²) < 4.78 is 0. The molecule has 23 heavy (non-hydrogen) atoms. The molecule has 0 saturated heterocycles. The minimum atomic E-state index is -1.09. The number of Topliss-reactive ketones (excluding diaryl/α,β-unsaturated/α-hetero) is 2. The molecule has 0 saturated carbocycles. The molecule has 0 spiro atoms. The molecule has 1 unspecified atom stereocenters. The van der Waals surface area contributed by atoms with Gasteiger partial charge in [0.05, 0.1) is 5.41 Å². The van der Waals surface area contributed by atoms with Crippen LogP contribution >= 0.6 is 11.6 Å². The highest BCUT2D eigenvalue weighted by Gasteiger charge is 2.49. The van der Waals surface area contributed by atoms with Crippen molar-refractivity contribution in [1.82, 2.24) is 0 Å². The van der Waals surface area contributed by atoms with E-state index in [4.69, 9.17) is 11.6 Å². The third-order valence-corrected chi connectivity index (χ3v) is 4.70. The van der Waals surface area contributed by atoms with Crippen LogP contribution in [-0.2, 0) is 0 Å². The van der Waals surface area contributed by atoms with E-state index in [2.05, 4.69) is 6.58 Å². The van der Waals surface area contributed by atoms with Crippen molar-refractivity contribution in [3.8, 4) is 0 Å². The average molecular weight is 325 g/mol. The molecule has 2 aromatic rings. The van der Waals surface area contributed by atoms with Crippen LogP contribution in [0.3, 0.4) is 0 Å². The molecule has 1 atom stereocenters. The highest BCUT2D eigenvalue weighted by molar-refractivity contribution is 6.31. The summed E-state index contributed by atoms with van der Waals surface area (Å²) in [6.45, 7) is 7.69. The van der Waals surface area contributed by atoms with Gasteiger partial charge in [0.25, 0.3) is 0 Å². The molecule has 2 aromatic carbocycles. The summed E-state index contributed by atoms with van der Waals surface area (Å²) in [4.78, 5) is 25.6. The molecule has 3 heteroatoms. The first kappa shape index (κ1) is 15.7. The smallest absolute Gasteiger partial charge is 0.177 e. The Morgan fingerprint density at radius 3 is 2.48 bits per heavy atom. The number of halogens is 1. The first-order valence-electron chi connectivity index (χ1n) is 7.47. The van der Waals surface area contributed by atoms with Crippen LogP contribution in [0.25, 0.3) is 5.57 Å². The molecule has 0 aromatic heterocycles. The first-order valence-corrected chi connectivity index (χ1v) is 7.85. The summed E-state index contributed by atoms with van der Waals surface area (Å²) >= 11 is 6.01. The molecule has 1 aliphatic rings. The lowest BCUT2D eigenvalue weighted by atomic mass is 9.78. The van der Waals surface area contributed by atoms with E-state index in [9.17, 15) is 9.59 Å². The molecule has 3 rings (SSSR count). The van der Waals surface area contributed by atoms with E-state index in [-0.39, 0.29) is 11.6 Å². The van der Waals surface area contributed by atoms with Crippen molar-refractivity contribution in [3.63, 3.8) is 0 Å². The van der Waals surface area contributed by atoms with Crippen LogP contribution < -0.4 is 0 Å². The Kier molecular flexibility index (Phi) is 3.73. The predicted octanol–water partition coefficient (Wildman–Crippen LogP) is 5.14. The Balaban J connectivity index is 1.96. The first-order chi connectivity index (χ1) is 10.8. The van der Waals surface area contributed by atoms with E-state index in [1.54, 1.807) is 31.2 Å². The lowest BCUT2D eigenvalue weighted by Crippen LogP contribution is -2.30. The zero-order valence-corrected chi connectivity index (χ0v) is 13.9. The zero-order chi connectivity index (χ0) is 16.8.